The van der Waals surface area contributed by atoms with E-state index in [2.05, 4.69) is 15.3 Å². The summed E-state index contributed by atoms with van der Waals surface area (Å²) in [4.78, 5) is 31.9. The van der Waals surface area contributed by atoms with Crippen molar-refractivity contribution in [2.45, 2.75) is 55.1 Å². The molecule has 4 heterocycles. The number of aliphatic hydroxyl groups is 1. The summed E-state index contributed by atoms with van der Waals surface area (Å²) in [5, 5.41) is 17.8. The number of hydrogen-bond acceptors (Lipinski definition) is 9. The Morgan fingerprint density at radius 3 is 2.58 bits per heavy atom. The Labute approximate surface area is 262 Å². The molecular weight excluding hydrogens is 598 g/mol. The first-order chi connectivity index (χ1) is 21.5. The maximum absolute atomic E-state index is 14.2. The summed E-state index contributed by atoms with van der Waals surface area (Å²) in [5.74, 6) is -0.197. The number of hydrogen-bond donors (Lipinski definition) is 2. The highest BCUT2D eigenvalue weighted by atomic mass is 32.2. The van der Waals surface area contributed by atoms with Gasteiger partial charge in [0.2, 0.25) is 5.91 Å². The zero-order valence-corrected chi connectivity index (χ0v) is 26.3. The van der Waals surface area contributed by atoms with Gasteiger partial charge >= 0.3 is 0 Å². The second kappa shape index (κ2) is 12.9. The molecule has 12 nitrogen and oxygen atoms in total. The van der Waals surface area contributed by atoms with Gasteiger partial charge in [-0.2, -0.15) is 5.10 Å². The molecule has 2 saturated heterocycles. The Morgan fingerprint density at radius 2 is 1.84 bits per heavy atom. The Morgan fingerprint density at radius 1 is 1.04 bits per heavy atom. The molecule has 0 saturated carbocycles. The van der Waals surface area contributed by atoms with E-state index in [0.29, 0.717) is 56.8 Å². The summed E-state index contributed by atoms with van der Waals surface area (Å²) in [6.07, 6.45) is 5.23. The minimum absolute atomic E-state index is 0.133. The van der Waals surface area contributed by atoms with Crippen LogP contribution in [0.2, 0.25) is 0 Å². The van der Waals surface area contributed by atoms with Crippen molar-refractivity contribution in [3.63, 3.8) is 0 Å². The number of benzene rings is 2. The summed E-state index contributed by atoms with van der Waals surface area (Å²) < 4.78 is 37.9. The highest BCUT2D eigenvalue weighted by Gasteiger charge is 2.38. The van der Waals surface area contributed by atoms with E-state index in [4.69, 9.17) is 9.47 Å². The summed E-state index contributed by atoms with van der Waals surface area (Å²) in [6.45, 7) is 2.02. The maximum Gasteiger partial charge on any atom is 0.258 e. The first kappa shape index (κ1) is 31.2. The summed E-state index contributed by atoms with van der Waals surface area (Å²) >= 11 is 0. The van der Waals surface area contributed by atoms with Crippen molar-refractivity contribution in [3.05, 3.63) is 66.0 Å². The van der Waals surface area contributed by atoms with Crippen molar-refractivity contribution < 1.29 is 32.6 Å². The fraction of sp³-hybridized carbons (Fsp3) is 0.469. The molecule has 45 heavy (non-hydrogen) atoms. The number of aliphatic hydroxyl groups excluding tert-OH is 1. The molecule has 0 spiro atoms. The number of carbonyl (C=O) groups is 2. The highest BCUT2D eigenvalue weighted by Crippen LogP contribution is 2.31. The molecule has 0 aliphatic carbocycles. The second-order valence-electron chi connectivity index (χ2n) is 12.1. The Balaban J connectivity index is 1.29. The van der Waals surface area contributed by atoms with Gasteiger partial charge in [-0.25, -0.2) is 8.42 Å². The standard InChI is InChI=1S/C32H39N5O7S/c1-35-19-23(16-34-35)22-5-9-26-29(15-22)43-14-11-24-6-10-28(38)30(44-24)17-33-31(39)27-20-36(12-13-37(27)32(26)40)18-21-3-7-25(8-4-21)45(2,41)42/h3-5,7-9,15-16,19,24,27-28,30,38H,6,10-14,17-18,20H2,1-2H3,(H,33,39)/t24-,27-,28-,30+/m0/s1. The van der Waals surface area contributed by atoms with Gasteiger partial charge in [0.15, 0.2) is 9.84 Å². The zero-order chi connectivity index (χ0) is 31.7. The monoisotopic (exact) mass is 637 g/mol. The number of rotatable bonds is 4. The van der Waals surface area contributed by atoms with Gasteiger partial charge in [-0.3, -0.25) is 19.2 Å². The third kappa shape index (κ3) is 7.06. The van der Waals surface area contributed by atoms with E-state index < -0.39 is 28.1 Å². The van der Waals surface area contributed by atoms with Gasteiger partial charge in [-0.05, 0) is 48.2 Å². The van der Waals surface area contributed by atoms with Crippen LogP contribution in [-0.2, 0) is 33.0 Å². The van der Waals surface area contributed by atoms with Crippen LogP contribution in [0.25, 0.3) is 11.1 Å². The second-order valence-corrected chi connectivity index (χ2v) is 14.1. The van der Waals surface area contributed by atoms with Crippen LogP contribution >= 0.6 is 0 Å². The maximum atomic E-state index is 14.2. The van der Waals surface area contributed by atoms with Gasteiger partial charge in [0.25, 0.3) is 5.91 Å². The SMILES string of the molecule is Cn1cc(-c2ccc3c(c2)OCC[C@@H]2CC[C@H](O)[C@@H](CNC(=O)[C@@H]4CN(Cc5ccc(S(C)(=O)=O)cc5)CCN4C3=O)O2)cn1. The van der Waals surface area contributed by atoms with Crippen LogP contribution in [0.1, 0.15) is 35.2 Å². The van der Waals surface area contributed by atoms with Crippen LogP contribution in [0.5, 0.6) is 5.75 Å². The van der Waals surface area contributed by atoms with Crippen LogP contribution in [-0.4, -0.2) is 108 Å². The van der Waals surface area contributed by atoms with Crippen molar-refractivity contribution in [1.29, 1.82) is 0 Å². The molecule has 3 aromatic rings. The van der Waals surface area contributed by atoms with Gasteiger partial charge in [0.1, 0.15) is 17.9 Å². The molecular formula is C32H39N5O7S. The van der Waals surface area contributed by atoms with Crippen molar-refractivity contribution >= 4 is 21.7 Å². The molecule has 3 aliphatic rings. The minimum Gasteiger partial charge on any atom is -0.493 e. The number of nitrogens with one attached hydrogen (secondary N) is 1. The average molecular weight is 638 g/mol. The fourth-order valence-corrected chi connectivity index (χ4v) is 6.87. The molecule has 2 N–H and O–H groups in total. The van der Waals surface area contributed by atoms with Crippen molar-refractivity contribution in [2.75, 3.05) is 39.0 Å². The Bertz CT molecular complexity index is 1660. The molecule has 2 fully saturated rings. The highest BCUT2D eigenvalue weighted by molar-refractivity contribution is 7.90. The van der Waals surface area contributed by atoms with E-state index in [-0.39, 0.29) is 35.9 Å². The van der Waals surface area contributed by atoms with Gasteiger partial charge in [0, 0.05) is 64.2 Å². The molecule has 3 aliphatic heterocycles. The Hall–Kier alpha value is -3.78. The fourth-order valence-electron chi connectivity index (χ4n) is 6.24. The van der Waals surface area contributed by atoms with E-state index in [0.717, 1.165) is 16.7 Å². The lowest BCUT2D eigenvalue weighted by molar-refractivity contribution is -0.135. The van der Waals surface area contributed by atoms with Gasteiger partial charge in [-0.15, -0.1) is 0 Å². The molecule has 4 atom stereocenters. The van der Waals surface area contributed by atoms with Crippen LogP contribution in [0.4, 0.5) is 0 Å². The first-order valence-corrected chi connectivity index (χ1v) is 17.1. The number of amides is 2. The summed E-state index contributed by atoms with van der Waals surface area (Å²) in [7, 11) is -1.47. The molecule has 240 valence electrons. The molecule has 0 radical (unpaired) electrons. The normalized spacial score (nSPS) is 25.0. The zero-order valence-electron chi connectivity index (χ0n) is 25.5. The molecule has 2 amide bonds. The number of carbonyl (C=O) groups excluding carboxylic acids is 2. The van der Waals surface area contributed by atoms with E-state index in [9.17, 15) is 23.1 Å². The Kier molecular flexibility index (Phi) is 8.96. The van der Waals surface area contributed by atoms with Crippen molar-refractivity contribution in [2.24, 2.45) is 7.05 Å². The first-order valence-electron chi connectivity index (χ1n) is 15.2. The van der Waals surface area contributed by atoms with E-state index in [1.165, 1.54) is 6.26 Å². The van der Waals surface area contributed by atoms with Crippen LogP contribution < -0.4 is 10.1 Å². The predicted octanol–water partition coefficient (Wildman–Crippen LogP) is 1.62. The molecule has 1 aromatic heterocycles. The van der Waals surface area contributed by atoms with Crippen molar-refractivity contribution in [3.8, 4) is 16.9 Å². The molecule has 13 heteroatoms. The lowest BCUT2D eigenvalue weighted by atomic mass is 9.98. The van der Waals surface area contributed by atoms with Gasteiger partial charge < -0.3 is 24.8 Å². The number of piperazine rings is 1. The minimum atomic E-state index is -3.31. The van der Waals surface area contributed by atoms with Crippen LogP contribution in [0.3, 0.4) is 0 Å². The van der Waals surface area contributed by atoms with Gasteiger partial charge in [-0.1, -0.05) is 18.2 Å². The number of sulfone groups is 1. The lowest BCUT2D eigenvalue weighted by Gasteiger charge is -2.41. The number of nitrogens with zero attached hydrogens (tertiary/aromatic N) is 4. The number of ether oxygens (including phenoxy) is 2. The van der Waals surface area contributed by atoms with Crippen molar-refractivity contribution in [1.82, 2.24) is 24.9 Å². The predicted molar refractivity (Wildman–Crippen MR) is 165 cm³/mol. The number of aryl methyl sites for hydroxylation is 1. The van der Waals surface area contributed by atoms with E-state index >= 15 is 0 Å². The third-order valence-electron chi connectivity index (χ3n) is 8.79. The topological polar surface area (TPSA) is 143 Å². The van der Waals surface area contributed by atoms with Crippen LogP contribution in [0.15, 0.2) is 59.8 Å². The molecule has 2 bridgehead atoms. The quantitative estimate of drug-likeness (QED) is 0.436. The van der Waals surface area contributed by atoms with E-state index in [1.54, 1.807) is 46.1 Å². The van der Waals surface area contributed by atoms with Gasteiger partial charge in [0.05, 0.1) is 35.5 Å². The molecule has 0 unspecified atom stereocenters. The average Bonchev–Trinajstić information content (AvgIpc) is 3.46. The molecule has 6 rings (SSSR count). The largest absolute Gasteiger partial charge is 0.493 e. The number of aromatic nitrogens is 2. The van der Waals surface area contributed by atoms with Crippen LogP contribution in [0, 0.1) is 0 Å². The summed E-state index contributed by atoms with van der Waals surface area (Å²) in [5.41, 5.74) is 3.02. The summed E-state index contributed by atoms with van der Waals surface area (Å²) in [6, 6.07) is 11.3. The molecule has 2 aromatic carbocycles. The third-order valence-corrected chi connectivity index (χ3v) is 9.92. The lowest BCUT2D eigenvalue weighted by Crippen LogP contribution is -2.61. The van der Waals surface area contributed by atoms with E-state index in [1.807, 2.05) is 25.4 Å². The number of fused-ring (bicyclic) bond motifs is 4. The smallest absolute Gasteiger partial charge is 0.258 e.